The number of hydrogen-bond acceptors (Lipinski definition) is 3. The molecule has 1 aliphatic heterocycles. The number of piperazine rings is 1. The van der Waals surface area contributed by atoms with Crippen molar-refractivity contribution in [2.24, 2.45) is 0 Å². The van der Waals surface area contributed by atoms with E-state index in [4.69, 9.17) is 0 Å². The maximum atomic E-state index is 12.3. The first-order valence-corrected chi connectivity index (χ1v) is 8.37. The highest BCUT2D eigenvalue weighted by atomic mass is 16.2. The third-order valence-corrected chi connectivity index (χ3v) is 4.71. The molecule has 22 heavy (non-hydrogen) atoms. The summed E-state index contributed by atoms with van der Waals surface area (Å²) in [5.41, 5.74) is 3.49. The Morgan fingerprint density at radius 3 is 2.50 bits per heavy atom. The zero-order valence-corrected chi connectivity index (χ0v) is 13.1. The van der Waals surface area contributed by atoms with Gasteiger partial charge in [0.05, 0.1) is 0 Å². The van der Waals surface area contributed by atoms with Crippen molar-refractivity contribution in [3.63, 3.8) is 0 Å². The molecule has 1 N–H and O–H groups in total. The first kappa shape index (κ1) is 15.2. The Morgan fingerprint density at radius 1 is 1.00 bits per heavy atom. The van der Waals surface area contributed by atoms with Crippen LogP contribution in [0.2, 0.25) is 0 Å². The molecule has 1 aromatic carbocycles. The Balaban J connectivity index is 1.56. The van der Waals surface area contributed by atoms with Crippen molar-refractivity contribution in [2.45, 2.75) is 38.5 Å². The van der Waals surface area contributed by atoms with E-state index in [0.717, 1.165) is 44.6 Å². The highest BCUT2D eigenvalue weighted by Gasteiger charge is 2.18. The lowest BCUT2D eigenvalue weighted by atomic mass is 9.89. The van der Waals surface area contributed by atoms with Gasteiger partial charge in [-0.25, -0.2) is 0 Å². The van der Waals surface area contributed by atoms with Gasteiger partial charge in [-0.15, -0.1) is 0 Å². The molecule has 1 aromatic rings. The number of hydrogen-bond donors (Lipinski definition) is 1. The Morgan fingerprint density at radius 2 is 1.73 bits per heavy atom. The molecule has 0 unspecified atom stereocenters. The van der Waals surface area contributed by atoms with Crippen molar-refractivity contribution < 1.29 is 9.59 Å². The van der Waals surface area contributed by atoms with Crippen LogP contribution in [0.15, 0.2) is 18.2 Å². The summed E-state index contributed by atoms with van der Waals surface area (Å²) < 4.78 is 0. The summed E-state index contributed by atoms with van der Waals surface area (Å²) in [5, 5.41) is 3.23. The van der Waals surface area contributed by atoms with Gasteiger partial charge in [-0.3, -0.25) is 9.59 Å². The predicted octanol–water partition coefficient (Wildman–Crippen LogP) is 1.96. The summed E-state index contributed by atoms with van der Waals surface area (Å²) in [5.74, 6) is 0.199. The Hall–Kier alpha value is -1.68. The molecule has 1 fully saturated rings. The van der Waals surface area contributed by atoms with E-state index in [1.807, 2.05) is 17.0 Å². The van der Waals surface area contributed by atoms with Gasteiger partial charge < -0.3 is 10.2 Å². The fourth-order valence-electron chi connectivity index (χ4n) is 3.34. The molecule has 1 amide bonds. The molecule has 1 heterocycles. The van der Waals surface area contributed by atoms with E-state index in [0.29, 0.717) is 12.8 Å². The summed E-state index contributed by atoms with van der Waals surface area (Å²) >= 11 is 0. The fraction of sp³-hybridized carbons (Fsp3) is 0.556. The maximum absolute atomic E-state index is 12.3. The van der Waals surface area contributed by atoms with Crippen molar-refractivity contribution in [2.75, 3.05) is 26.2 Å². The molecule has 3 rings (SSSR count). The molecule has 2 aliphatic rings. The van der Waals surface area contributed by atoms with E-state index in [1.54, 1.807) is 0 Å². The summed E-state index contributed by atoms with van der Waals surface area (Å²) in [6, 6.07) is 6.08. The van der Waals surface area contributed by atoms with Crippen LogP contribution in [0.5, 0.6) is 0 Å². The molecule has 118 valence electrons. The minimum absolute atomic E-state index is 0.0943. The Labute approximate surface area is 131 Å². The normalized spacial score (nSPS) is 17.9. The van der Waals surface area contributed by atoms with Crippen LogP contribution in [0.3, 0.4) is 0 Å². The van der Waals surface area contributed by atoms with E-state index in [1.165, 1.54) is 24.0 Å². The highest BCUT2D eigenvalue weighted by molar-refractivity contribution is 5.98. The molecule has 0 spiro atoms. The number of rotatable bonds is 4. The quantitative estimate of drug-likeness (QED) is 0.865. The van der Waals surface area contributed by atoms with Crippen LogP contribution in [-0.4, -0.2) is 42.8 Å². The van der Waals surface area contributed by atoms with Crippen LogP contribution in [0.25, 0.3) is 0 Å². The molecular formula is C18H24N2O2. The molecule has 0 bridgehead atoms. The summed E-state index contributed by atoms with van der Waals surface area (Å²) in [4.78, 5) is 26.3. The molecule has 4 nitrogen and oxygen atoms in total. The first-order chi connectivity index (χ1) is 10.7. The van der Waals surface area contributed by atoms with Gasteiger partial charge in [0, 0.05) is 44.6 Å². The smallest absolute Gasteiger partial charge is 0.223 e. The number of aryl methyl sites for hydroxylation is 2. The standard InChI is InChI=1S/C18H24N2O2/c21-17(7-8-18(22)20-11-9-19-10-12-20)16-6-5-14-3-1-2-4-15(14)13-16/h5-6,13,19H,1-4,7-12H2. The lowest BCUT2D eigenvalue weighted by Crippen LogP contribution is -2.46. The van der Waals surface area contributed by atoms with E-state index in [9.17, 15) is 9.59 Å². The summed E-state index contributed by atoms with van der Waals surface area (Å²) in [6.07, 6.45) is 5.32. The minimum Gasteiger partial charge on any atom is -0.340 e. The first-order valence-electron chi connectivity index (χ1n) is 8.37. The maximum Gasteiger partial charge on any atom is 0.223 e. The van der Waals surface area contributed by atoms with E-state index >= 15 is 0 Å². The Bertz CT molecular complexity index is 562. The van der Waals surface area contributed by atoms with Gasteiger partial charge in [-0.1, -0.05) is 12.1 Å². The highest BCUT2D eigenvalue weighted by Crippen LogP contribution is 2.23. The number of amides is 1. The summed E-state index contributed by atoms with van der Waals surface area (Å²) in [6.45, 7) is 3.22. The van der Waals surface area contributed by atoms with Crippen molar-refractivity contribution in [3.8, 4) is 0 Å². The molecule has 1 saturated heterocycles. The van der Waals surface area contributed by atoms with Crippen LogP contribution in [0.4, 0.5) is 0 Å². The lowest BCUT2D eigenvalue weighted by molar-refractivity contribution is -0.131. The van der Waals surface area contributed by atoms with E-state index < -0.39 is 0 Å². The van der Waals surface area contributed by atoms with Crippen molar-refractivity contribution >= 4 is 11.7 Å². The van der Waals surface area contributed by atoms with E-state index in [-0.39, 0.29) is 11.7 Å². The van der Waals surface area contributed by atoms with Gasteiger partial charge in [-0.05, 0) is 42.9 Å². The molecule has 0 saturated carbocycles. The lowest BCUT2D eigenvalue weighted by Gasteiger charge is -2.27. The number of fused-ring (bicyclic) bond motifs is 1. The van der Waals surface area contributed by atoms with E-state index in [2.05, 4.69) is 11.4 Å². The topological polar surface area (TPSA) is 49.4 Å². The van der Waals surface area contributed by atoms with Crippen LogP contribution < -0.4 is 5.32 Å². The molecule has 0 aromatic heterocycles. The van der Waals surface area contributed by atoms with Crippen molar-refractivity contribution in [1.82, 2.24) is 10.2 Å². The fourth-order valence-corrected chi connectivity index (χ4v) is 3.34. The summed E-state index contributed by atoms with van der Waals surface area (Å²) in [7, 11) is 0. The second-order valence-corrected chi connectivity index (χ2v) is 6.24. The van der Waals surface area contributed by atoms with Crippen molar-refractivity contribution in [3.05, 3.63) is 34.9 Å². The predicted molar refractivity (Wildman–Crippen MR) is 86.1 cm³/mol. The second kappa shape index (κ2) is 7.05. The van der Waals surface area contributed by atoms with Crippen LogP contribution >= 0.6 is 0 Å². The third kappa shape index (κ3) is 3.55. The number of nitrogens with one attached hydrogen (secondary N) is 1. The monoisotopic (exact) mass is 300 g/mol. The molecular weight excluding hydrogens is 276 g/mol. The average molecular weight is 300 g/mol. The van der Waals surface area contributed by atoms with Crippen LogP contribution in [0, 0.1) is 0 Å². The number of carbonyl (C=O) groups excluding carboxylic acids is 2. The average Bonchev–Trinajstić information content (AvgIpc) is 2.59. The van der Waals surface area contributed by atoms with Gasteiger partial charge in [0.1, 0.15) is 0 Å². The van der Waals surface area contributed by atoms with Gasteiger partial charge in [0.2, 0.25) is 5.91 Å². The molecule has 0 atom stereocenters. The zero-order valence-electron chi connectivity index (χ0n) is 13.1. The van der Waals surface area contributed by atoms with Crippen molar-refractivity contribution in [1.29, 1.82) is 0 Å². The number of nitrogens with zero attached hydrogens (tertiary/aromatic N) is 1. The number of benzene rings is 1. The minimum atomic E-state index is 0.0943. The van der Waals surface area contributed by atoms with Gasteiger partial charge >= 0.3 is 0 Å². The van der Waals surface area contributed by atoms with Gasteiger partial charge in [-0.2, -0.15) is 0 Å². The number of ketones is 1. The molecule has 1 aliphatic carbocycles. The molecule has 4 heteroatoms. The number of carbonyl (C=O) groups is 2. The zero-order chi connectivity index (χ0) is 15.4. The van der Waals surface area contributed by atoms with Gasteiger partial charge in [0.15, 0.2) is 5.78 Å². The second-order valence-electron chi connectivity index (χ2n) is 6.24. The van der Waals surface area contributed by atoms with Crippen LogP contribution in [-0.2, 0) is 17.6 Å². The SMILES string of the molecule is O=C(CCC(=O)N1CCNCC1)c1ccc2c(c1)CCCC2. The van der Waals surface area contributed by atoms with Gasteiger partial charge in [0.25, 0.3) is 0 Å². The third-order valence-electron chi connectivity index (χ3n) is 4.71. The largest absolute Gasteiger partial charge is 0.340 e. The Kier molecular flexibility index (Phi) is 4.88. The van der Waals surface area contributed by atoms with Crippen LogP contribution in [0.1, 0.15) is 47.2 Å². The number of Topliss-reactive ketones (excluding diaryl/α,β-unsaturated/α-hetero) is 1. The molecule has 0 radical (unpaired) electrons.